The summed E-state index contributed by atoms with van der Waals surface area (Å²) < 4.78 is 4.67. The third-order valence-electron chi connectivity index (χ3n) is 3.70. The molecule has 2 N–H and O–H groups in total. The van der Waals surface area contributed by atoms with E-state index < -0.39 is 11.9 Å². The lowest BCUT2D eigenvalue weighted by molar-refractivity contribution is -0.141. The van der Waals surface area contributed by atoms with Crippen LogP contribution >= 0.6 is 0 Å². The molecule has 2 heterocycles. The number of esters is 1. The van der Waals surface area contributed by atoms with Crippen molar-refractivity contribution < 1.29 is 23.9 Å². The summed E-state index contributed by atoms with van der Waals surface area (Å²) in [7, 11) is 1.23. The Hall–Kier alpha value is -3.23. The summed E-state index contributed by atoms with van der Waals surface area (Å²) in [6.07, 6.45) is 0.242. The van der Waals surface area contributed by atoms with Crippen molar-refractivity contribution in [2.45, 2.75) is 12.8 Å². The summed E-state index contributed by atoms with van der Waals surface area (Å²) in [5, 5.41) is 9.58. The van der Waals surface area contributed by atoms with E-state index in [1.165, 1.54) is 7.11 Å². The Kier molecular flexibility index (Phi) is 3.98. The van der Waals surface area contributed by atoms with Gasteiger partial charge in [-0.15, -0.1) is 0 Å². The molecule has 0 aliphatic carbocycles. The molecule has 1 aliphatic heterocycles. The molecular formula is C15H14N4O5. The molecule has 0 atom stereocenters. The van der Waals surface area contributed by atoms with Crippen molar-refractivity contribution in [1.82, 2.24) is 15.1 Å². The van der Waals surface area contributed by atoms with Crippen LogP contribution in [0.15, 0.2) is 18.2 Å². The van der Waals surface area contributed by atoms with E-state index in [1.54, 1.807) is 18.2 Å². The molecule has 1 fully saturated rings. The lowest BCUT2D eigenvalue weighted by Crippen LogP contribution is -2.36. The smallest absolute Gasteiger partial charge is 0.359 e. The summed E-state index contributed by atoms with van der Waals surface area (Å²) in [6.45, 7) is -0.362. The Bertz CT molecular complexity index is 841. The fraction of sp³-hybridized carbons (Fsp3) is 0.267. The van der Waals surface area contributed by atoms with E-state index in [1.807, 2.05) is 0 Å². The summed E-state index contributed by atoms with van der Waals surface area (Å²) in [5.74, 6) is -1.92. The summed E-state index contributed by atoms with van der Waals surface area (Å²) in [4.78, 5) is 48.0. The van der Waals surface area contributed by atoms with Crippen LogP contribution in [0, 0.1) is 0 Å². The summed E-state index contributed by atoms with van der Waals surface area (Å²) in [5.41, 5.74) is 0.920. The molecule has 0 unspecified atom stereocenters. The van der Waals surface area contributed by atoms with Crippen molar-refractivity contribution in [1.29, 1.82) is 0 Å². The second-order valence-corrected chi connectivity index (χ2v) is 5.21. The zero-order valence-electron chi connectivity index (χ0n) is 12.8. The van der Waals surface area contributed by atoms with E-state index in [-0.39, 0.29) is 36.9 Å². The largest absolute Gasteiger partial charge is 0.464 e. The number of H-pyrrole nitrogens is 1. The number of carbonyl (C=O) groups is 4. The van der Waals surface area contributed by atoms with Crippen LogP contribution in [0.3, 0.4) is 0 Å². The molecule has 0 saturated carbocycles. The van der Waals surface area contributed by atoms with Gasteiger partial charge in [0.05, 0.1) is 23.7 Å². The number of anilines is 1. The Morgan fingerprint density at radius 2 is 2.00 bits per heavy atom. The van der Waals surface area contributed by atoms with Crippen LogP contribution in [0.4, 0.5) is 5.69 Å². The van der Waals surface area contributed by atoms with Crippen LogP contribution < -0.4 is 5.32 Å². The van der Waals surface area contributed by atoms with E-state index in [0.717, 1.165) is 4.90 Å². The maximum atomic E-state index is 12.2. The van der Waals surface area contributed by atoms with E-state index in [0.29, 0.717) is 16.6 Å². The number of ether oxygens (including phenoxy) is 1. The number of amides is 3. The molecule has 0 spiro atoms. The molecule has 1 aromatic heterocycles. The predicted octanol–water partition coefficient (Wildman–Crippen LogP) is 0.437. The second kappa shape index (κ2) is 6.11. The molecule has 124 valence electrons. The van der Waals surface area contributed by atoms with Crippen molar-refractivity contribution in [2.24, 2.45) is 0 Å². The first kappa shape index (κ1) is 15.7. The number of nitrogens with one attached hydrogen (secondary N) is 2. The zero-order chi connectivity index (χ0) is 17.3. The van der Waals surface area contributed by atoms with Gasteiger partial charge in [0.1, 0.15) is 6.54 Å². The van der Waals surface area contributed by atoms with Crippen LogP contribution in [-0.4, -0.2) is 52.4 Å². The number of likely N-dealkylation sites (tertiary alicyclic amines) is 1. The highest BCUT2D eigenvalue weighted by molar-refractivity contribution is 6.12. The van der Waals surface area contributed by atoms with Gasteiger partial charge in [0.2, 0.25) is 17.7 Å². The Morgan fingerprint density at radius 1 is 1.29 bits per heavy atom. The van der Waals surface area contributed by atoms with E-state index >= 15 is 0 Å². The summed E-state index contributed by atoms with van der Waals surface area (Å²) in [6, 6.07) is 4.96. The highest BCUT2D eigenvalue weighted by atomic mass is 16.5. The number of imide groups is 1. The Labute approximate surface area is 135 Å². The predicted molar refractivity (Wildman–Crippen MR) is 82.0 cm³/mol. The van der Waals surface area contributed by atoms with Crippen molar-refractivity contribution >= 4 is 40.3 Å². The molecule has 24 heavy (non-hydrogen) atoms. The number of methoxy groups -OCH3 is 1. The van der Waals surface area contributed by atoms with Crippen molar-refractivity contribution in [2.75, 3.05) is 19.0 Å². The molecule has 1 saturated heterocycles. The van der Waals surface area contributed by atoms with Gasteiger partial charge >= 0.3 is 5.97 Å². The first-order valence-electron chi connectivity index (χ1n) is 7.19. The number of carbonyl (C=O) groups excluding carboxylic acids is 4. The third-order valence-corrected chi connectivity index (χ3v) is 3.70. The Balaban J connectivity index is 1.86. The number of benzene rings is 1. The van der Waals surface area contributed by atoms with Gasteiger partial charge in [-0.3, -0.25) is 24.4 Å². The molecule has 9 nitrogen and oxygen atoms in total. The number of hydrogen-bond acceptors (Lipinski definition) is 6. The van der Waals surface area contributed by atoms with Crippen LogP contribution in [0.2, 0.25) is 0 Å². The topological polar surface area (TPSA) is 121 Å². The molecule has 2 aromatic rings. The highest BCUT2D eigenvalue weighted by Gasteiger charge is 2.30. The third kappa shape index (κ3) is 2.71. The SMILES string of the molecule is COC(=O)c1n[nH]c2cccc(NC(=O)CN3C(=O)CCC3=O)c12. The average Bonchev–Trinajstić information content (AvgIpc) is 3.13. The van der Waals surface area contributed by atoms with Gasteiger partial charge in [0.25, 0.3) is 0 Å². The molecule has 9 heteroatoms. The molecule has 1 aliphatic rings. The van der Waals surface area contributed by atoms with Gasteiger partial charge in [-0.25, -0.2) is 4.79 Å². The summed E-state index contributed by atoms with van der Waals surface area (Å²) >= 11 is 0. The number of aromatic amines is 1. The lowest BCUT2D eigenvalue weighted by Gasteiger charge is -2.14. The second-order valence-electron chi connectivity index (χ2n) is 5.21. The van der Waals surface area contributed by atoms with Gasteiger partial charge in [0.15, 0.2) is 5.69 Å². The minimum atomic E-state index is -0.646. The van der Waals surface area contributed by atoms with Crippen LogP contribution in [-0.2, 0) is 19.1 Å². The Morgan fingerprint density at radius 3 is 2.67 bits per heavy atom. The van der Waals surface area contributed by atoms with Crippen molar-refractivity contribution in [3.63, 3.8) is 0 Å². The molecule has 1 aromatic carbocycles. The minimum absolute atomic E-state index is 0.0386. The van der Waals surface area contributed by atoms with Crippen LogP contribution in [0.1, 0.15) is 23.3 Å². The van der Waals surface area contributed by atoms with Crippen LogP contribution in [0.5, 0.6) is 0 Å². The number of hydrogen-bond donors (Lipinski definition) is 2. The zero-order valence-corrected chi connectivity index (χ0v) is 12.8. The maximum Gasteiger partial charge on any atom is 0.359 e. The normalized spacial score (nSPS) is 14.3. The fourth-order valence-electron chi connectivity index (χ4n) is 2.55. The fourth-order valence-corrected chi connectivity index (χ4v) is 2.55. The van der Waals surface area contributed by atoms with Crippen molar-refractivity contribution in [3.05, 3.63) is 23.9 Å². The molecule has 0 bridgehead atoms. The quantitative estimate of drug-likeness (QED) is 0.619. The standard InChI is InChI=1S/C15H14N4O5/c1-24-15(23)14-13-8(3-2-4-9(13)17-18-14)16-10(20)7-19-11(21)5-6-12(19)22/h2-4H,5-7H2,1H3,(H,16,20)(H,17,18). The van der Waals surface area contributed by atoms with E-state index in [4.69, 9.17) is 0 Å². The highest BCUT2D eigenvalue weighted by Crippen LogP contribution is 2.26. The minimum Gasteiger partial charge on any atom is -0.464 e. The average molecular weight is 330 g/mol. The van der Waals surface area contributed by atoms with Gasteiger partial charge in [-0.2, -0.15) is 5.10 Å². The lowest BCUT2D eigenvalue weighted by atomic mass is 10.1. The van der Waals surface area contributed by atoms with Gasteiger partial charge < -0.3 is 10.1 Å². The molecule has 3 rings (SSSR count). The van der Waals surface area contributed by atoms with Crippen molar-refractivity contribution in [3.8, 4) is 0 Å². The van der Waals surface area contributed by atoms with Crippen LogP contribution in [0.25, 0.3) is 10.9 Å². The first-order chi connectivity index (χ1) is 11.5. The molecular weight excluding hydrogens is 316 g/mol. The van der Waals surface area contributed by atoms with E-state index in [9.17, 15) is 19.2 Å². The first-order valence-corrected chi connectivity index (χ1v) is 7.19. The molecule has 0 radical (unpaired) electrons. The number of rotatable bonds is 4. The number of nitrogens with zero attached hydrogens (tertiary/aromatic N) is 2. The number of aromatic nitrogens is 2. The molecule has 3 amide bonds. The van der Waals surface area contributed by atoms with Gasteiger partial charge in [-0.1, -0.05) is 6.07 Å². The van der Waals surface area contributed by atoms with E-state index in [2.05, 4.69) is 20.3 Å². The van der Waals surface area contributed by atoms with Gasteiger partial charge in [-0.05, 0) is 12.1 Å². The number of fused-ring (bicyclic) bond motifs is 1. The monoisotopic (exact) mass is 330 g/mol. The maximum absolute atomic E-state index is 12.2. The van der Waals surface area contributed by atoms with Gasteiger partial charge in [0, 0.05) is 12.8 Å².